The predicted molar refractivity (Wildman–Crippen MR) is 100.0 cm³/mol. The van der Waals surface area contributed by atoms with Crippen LogP contribution in [-0.4, -0.2) is 26.3 Å². The van der Waals surface area contributed by atoms with Crippen LogP contribution in [0.1, 0.15) is 25.5 Å². The summed E-state index contributed by atoms with van der Waals surface area (Å²) in [6.45, 7) is 5.13. The quantitative estimate of drug-likeness (QED) is 0.755. The van der Waals surface area contributed by atoms with Gasteiger partial charge in [-0.1, -0.05) is 56.3 Å². The summed E-state index contributed by atoms with van der Waals surface area (Å²) in [5, 5.41) is 5.68. The normalized spacial score (nSPS) is 11.8. The number of hydrogen-bond acceptors (Lipinski definition) is 3. The van der Waals surface area contributed by atoms with Gasteiger partial charge in [-0.3, -0.25) is 0 Å². The number of benzene rings is 2. The fraction of sp³-hybridized carbons (Fsp3) is 0.350. The minimum Gasteiger partial charge on any atom is -0.491 e. The number of ether oxygens (including phenoxy) is 2. The fourth-order valence-electron chi connectivity index (χ4n) is 2.31. The smallest absolute Gasteiger partial charge is 0.319 e. The minimum absolute atomic E-state index is 0.195. The van der Waals surface area contributed by atoms with Crippen LogP contribution < -0.4 is 15.4 Å². The van der Waals surface area contributed by atoms with E-state index < -0.39 is 0 Å². The molecule has 134 valence electrons. The highest BCUT2D eigenvalue weighted by atomic mass is 16.5. The summed E-state index contributed by atoms with van der Waals surface area (Å²) >= 11 is 0. The van der Waals surface area contributed by atoms with Crippen LogP contribution in [0.2, 0.25) is 0 Å². The van der Waals surface area contributed by atoms with Gasteiger partial charge in [0, 0.05) is 13.7 Å². The summed E-state index contributed by atoms with van der Waals surface area (Å²) in [4.78, 5) is 12.2. The van der Waals surface area contributed by atoms with Gasteiger partial charge in [0.2, 0.25) is 0 Å². The Morgan fingerprint density at radius 2 is 1.72 bits per heavy atom. The summed E-state index contributed by atoms with van der Waals surface area (Å²) in [7, 11) is 1.63. The van der Waals surface area contributed by atoms with E-state index >= 15 is 0 Å². The van der Waals surface area contributed by atoms with E-state index in [1.54, 1.807) is 7.11 Å². The molecule has 0 aliphatic rings. The van der Waals surface area contributed by atoms with E-state index in [1.165, 1.54) is 0 Å². The number of amides is 2. The van der Waals surface area contributed by atoms with Gasteiger partial charge < -0.3 is 20.1 Å². The number of carbonyl (C=O) groups excluding carboxylic acids is 1. The Morgan fingerprint density at radius 1 is 1.04 bits per heavy atom. The third-order valence-electron chi connectivity index (χ3n) is 3.61. The molecule has 0 aromatic heterocycles. The summed E-state index contributed by atoms with van der Waals surface area (Å²) in [6, 6.07) is 16.9. The SMILES string of the molecule is COC(CNC(=O)Nc1ccccc1OCC(C)C)c1ccccc1. The summed E-state index contributed by atoms with van der Waals surface area (Å²) in [5.41, 5.74) is 1.67. The zero-order valence-corrected chi connectivity index (χ0v) is 15.0. The molecule has 1 unspecified atom stereocenters. The molecule has 2 aromatic rings. The third kappa shape index (κ3) is 6.12. The van der Waals surface area contributed by atoms with Crippen molar-refractivity contribution in [2.45, 2.75) is 20.0 Å². The number of carbonyl (C=O) groups is 1. The van der Waals surface area contributed by atoms with Crippen LogP contribution in [0.5, 0.6) is 5.75 Å². The fourth-order valence-corrected chi connectivity index (χ4v) is 2.31. The lowest BCUT2D eigenvalue weighted by atomic mass is 10.1. The molecule has 0 spiro atoms. The number of nitrogens with one attached hydrogen (secondary N) is 2. The van der Waals surface area contributed by atoms with Gasteiger partial charge in [-0.25, -0.2) is 4.79 Å². The first kappa shape index (κ1) is 18.8. The van der Waals surface area contributed by atoms with Gasteiger partial charge in [-0.05, 0) is 23.6 Å². The number of para-hydroxylation sites is 2. The number of urea groups is 1. The molecule has 0 aliphatic carbocycles. The molecule has 0 saturated carbocycles. The topological polar surface area (TPSA) is 59.6 Å². The maximum Gasteiger partial charge on any atom is 0.319 e. The first-order chi connectivity index (χ1) is 12.1. The Labute approximate surface area is 149 Å². The van der Waals surface area contributed by atoms with Gasteiger partial charge in [0.15, 0.2) is 0 Å². The Balaban J connectivity index is 1.92. The highest BCUT2D eigenvalue weighted by Crippen LogP contribution is 2.24. The van der Waals surface area contributed by atoms with E-state index in [-0.39, 0.29) is 12.1 Å². The van der Waals surface area contributed by atoms with Crippen LogP contribution in [0.25, 0.3) is 0 Å². The van der Waals surface area contributed by atoms with Crippen LogP contribution in [-0.2, 0) is 4.74 Å². The second-order valence-electron chi connectivity index (χ2n) is 6.17. The molecule has 1 atom stereocenters. The van der Waals surface area contributed by atoms with Gasteiger partial charge in [-0.15, -0.1) is 0 Å². The van der Waals surface area contributed by atoms with E-state index in [9.17, 15) is 4.79 Å². The van der Waals surface area contributed by atoms with Gasteiger partial charge in [0.05, 0.1) is 18.4 Å². The van der Waals surface area contributed by atoms with Crippen molar-refractivity contribution in [3.63, 3.8) is 0 Å². The maximum absolute atomic E-state index is 12.2. The highest BCUT2D eigenvalue weighted by molar-refractivity contribution is 5.90. The number of rotatable bonds is 8. The molecule has 0 saturated heterocycles. The summed E-state index contributed by atoms with van der Waals surface area (Å²) in [5.74, 6) is 1.08. The van der Waals surface area contributed by atoms with E-state index in [0.717, 1.165) is 5.56 Å². The molecule has 0 radical (unpaired) electrons. The summed E-state index contributed by atoms with van der Waals surface area (Å²) < 4.78 is 11.2. The minimum atomic E-state index is -0.293. The van der Waals surface area contributed by atoms with Gasteiger partial charge in [0.25, 0.3) is 0 Å². The average molecular weight is 342 g/mol. The molecular formula is C20H26N2O3. The van der Waals surface area contributed by atoms with Crippen molar-refractivity contribution in [3.8, 4) is 5.75 Å². The van der Waals surface area contributed by atoms with E-state index in [1.807, 2.05) is 54.6 Å². The Hall–Kier alpha value is -2.53. The highest BCUT2D eigenvalue weighted by Gasteiger charge is 2.13. The predicted octanol–water partition coefficient (Wildman–Crippen LogP) is 4.23. The molecule has 5 heteroatoms. The number of methoxy groups -OCH3 is 1. The summed E-state index contributed by atoms with van der Waals surface area (Å²) in [6.07, 6.45) is -0.195. The molecule has 2 N–H and O–H groups in total. The number of anilines is 1. The largest absolute Gasteiger partial charge is 0.491 e. The van der Waals surface area contributed by atoms with Crippen LogP contribution in [0.3, 0.4) is 0 Å². The van der Waals surface area contributed by atoms with Crippen LogP contribution in [0, 0.1) is 5.92 Å². The molecule has 0 fully saturated rings. The average Bonchev–Trinajstić information content (AvgIpc) is 2.62. The van der Waals surface area contributed by atoms with Crippen LogP contribution >= 0.6 is 0 Å². The van der Waals surface area contributed by atoms with Crippen LogP contribution in [0.15, 0.2) is 54.6 Å². The zero-order chi connectivity index (χ0) is 18.1. The van der Waals surface area contributed by atoms with Crippen molar-refractivity contribution >= 4 is 11.7 Å². The standard InChI is InChI=1S/C20H26N2O3/c1-15(2)14-25-18-12-8-7-11-17(18)22-20(23)21-13-19(24-3)16-9-5-4-6-10-16/h4-12,15,19H,13-14H2,1-3H3,(H2,21,22,23). The van der Waals surface area contributed by atoms with Crippen molar-refractivity contribution < 1.29 is 14.3 Å². The van der Waals surface area contributed by atoms with Crippen molar-refractivity contribution in [2.75, 3.05) is 25.6 Å². The Bertz CT molecular complexity index is 659. The van der Waals surface area contributed by atoms with Crippen molar-refractivity contribution in [3.05, 3.63) is 60.2 Å². The third-order valence-corrected chi connectivity index (χ3v) is 3.61. The van der Waals surface area contributed by atoms with Crippen molar-refractivity contribution in [1.82, 2.24) is 5.32 Å². The van der Waals surface area contributed by atoms with E-state index in [2.05, 4.69) is 24.5 Å². The maximum atomic E-state index is 12.2. The van der Waals surface area contributed by atoms with Gasteiger partial charge >= 0.3 is 6.03 Å². The lowest BCUT2D eigenvalue weighted by molar-refractivity contribution is 0.104. The molecule has 2 amide bonds. The lowest BCUT2D eigenvalue weighted by Gasteiger charge is -2.18. The van der Waals surface area contributed by atoms with Crippen LogP contribution in [0.4, 0.5) is 10.5 Å². The second kappa shape index (κ2) is 9.69. The molecule has 0 bridgehead atoms. The van der Waals surface area contributed by atoms with Crippen molar-refractivity contribution in [2.24, 2.45) is 5.92 Å². The van der Waals surface area contributed by atoms with Gasteiger partial charge in [0.1, 0.15) is 5.75 Å². The lowest BCUT2D eigenvalue weighted by Crippen LogP contribution is -2.33. The molecular weight excluding hydrogens is 316 g/mol. The number of hydrogen-bond donors (Lipinski definition) is 2. The molecule has 25 heavy (non-hydrogen) atoms. The molecule has 2 rings (SSSR count). The van der Waals surface area contributed by atoms with Gasteiger partial charge in [-0.2, -0.15) is 0 Å². The van der Waals surface area contributed by atoms with E-state index in [0.29, 0.717) is 30.5 Å². The molecule has 0 aliphatic heterocycles. The Kier molecular flexibility index (Phi) is 7.29. The zero-order valence-electron chi connectivity index (χ0n) is 15.0. The molecule has 0 heterocycles. The first-order valence-electron chi connectivity index (χ1n) is 8.44. The van der Waals surface area contributed by atoms with E-state index in [4.69, 9.17) is 9.47 Å². The molecule has 5 nitrogen and oxygen atoms in total. The molecule has 2 aromatic carbocycles. The monoisotopic (exact) mass is 342 g/mol. The Morgan fingerprint density at radius 3 is 2.40 bits per heavy atom. The first-order valence-corrected chi connectivity index (χ1v) is 8.44. The second-order valence-corrected chi connectivity index (χ2v) is 6.17. The van der Waals surface area contributed by atoms with Crippen molar-refractivity contribution in [1.29, 1.82) is 0 Å².